The number of thioether (sulfide) groups is 1. The van der Waals surface area contributed by atoms with Gasteiger partial charge in [0.25, 0.3) is 0 Å². The predicted molar refractivity (Wildman–Crippen MR) is 75.0 cm³/mol. The quantitative estimate of drug-likeness (QED) is 0.868. The Labute approximate surface area is 115 Å². The normalized spacial score (nSPS) is 11.3. The highest BCUT2D eigenvalue weighted by atomic mass is 32.2. The first-order valence-corrected chi connectivity index (χ1v) is 6.60. The molecule has 2 aromatic heterocycles. The van der Waals surface area contributed by atoms with Gasteiger partial charge in [0.05, 0.1) is 5.69 Å². The molecule has 98 valence electrons. The van der Waals surface area contributed by atoms with Crippen LogP contribution in [0.5, 0.6) is 0 Å². The summed E-state index contributed by atoms with van der Waals surface area (Å²) in [5, 5.41) is 9.21. The zero-order valence-corrected chi connectivity index (χ0v) is 11.5. The van der Waals surface area contributed by atoms with Crippen molar-refractivity contribution >= 4 is 17.7 Å². The molecule has 0 amide bonds. The van der Waals surface area contributed by atoms with E-state index in [1.807, 2.05) is 18.2 Å². The molecule has 0 saturated carbocycles. The van der Waals surface area contributed by atoms with Crippen LogP contribution in [0.3, 0.4) is 0 Å². The van der Waals surface area contributed by atoms with Crippen molar-refractivity contribution < 1.29 is 9.90 Å². The molecule has 0 radical (unpaired) electrons. The van der Waals surface area contributed by atoms with Gasteiger partial charge in [0.1, 0.15) is 4.75 Å². The van der Waals surface area contributed by atoms with Gasteiger partial charge >= 0.3 is 5.97 Å². The SMILES string of the molecule is CC(C)(Sc1cccnc1-c1cccnc1)C(=O)O. The second-order valence-electron chi connectivity index (χ2n) is 4.51. The highest BCUT2D eigenvalue weighted by Crippen LogP contribution is 2.37. The molecule has 0 atom stereocenters. The number of hydrogen-bond acceptors (Lipinski definition) is 4. The Morgan fingerprint density at radius 2 is 2.00 bits per heavy atom. The molecule has 5 heteroatoms. The van der Waals surface area contributed by atoms with Crippen LogP contribution < -0.4 is 0 Å². The Kier molecular flexibility index (Phi) is 3.85. The van der Waals surface area contributed by atoms with E-state index < -0.39 is 10.7 Å². The summed E-state index contributed by atoms with van der Waals surface area (Å²) in [7, 11) is 0. The van der Waals surface area contributed by atoms with Crippen molar-refractivity contribution in [2.24, 2.45) is 0 Å². The standard InChI is InChI=1S/C14H14N2O2S/c1-14(2,13(17)18)19-11-6-4-8-16-12(11)10-5-3-7-15-9-10/h3-9H,1-2H3,(H,17,18). The van der Waals surface area contributed by atoms with Crippen LogP contribution >= 0.6 is 11.8 Å². The molecule has 0 aromatic carbocycles. The fourth-order valence-corrected chi connectivity index (χ4v) is 2.56. The van der Waals surface area contributed by atoms with Crippen molar-refractivity contribution in [3.63, 3.8) is 0 Å². The third kappa shape index (κ3) is 3.12. The van der Waals surface area contributed by atoms with Gasteiger partial charge in [-0.1, -0.05) is 0 Å². The third-order valence-electron chi connectivity index (χ3n) is 2.59. The Hall–Kier alpha value is -1.88. The van der Waals surface area contributed by atoms with E-state index in [9.17, 15) is 9.90 Å². The summed E-state index contributed by atoms with van der Waals surface area (Å²) >= 11 is 1.29. The molecular weight excluding hydrogens is 260 g/mol. The maximum atomic E-state index is 11.2. The monoisotopic (exact) mass is 274 g/mol. The van der Waals surface area contributed by atoms with E-state index in [-0.39, 0.29) is 0 Å². The van der Waals surface area contributed by atoms with Crippen molar-refractivity contribution in [1.82, 2.24) is 9.97 Å². The highest BCUT2D eigenvalue weighted by molar-refractivity contribution is 8.01. The van der Waals surface area contributed by atoms with Gasteiger partial charge in [-0.2, -0.15) is 0 Å². The Morgan fingerprint density at radius 3 is 2.63 bits per heavy atom. The van der Waals surface area contributed by atoms with E-state index in [0.29, 0.717) is 0 Å². The fraction of sp³-hybridized carbons (Fsp3) is 0.214. The molecule has 1 N–H and O–H groups in total. The summed E-state index contributed by atoms with van der Waals surface area (Å²) in [5.41, 5.74) is 1.64. The van der Waals surface area contributed by atoms with Crippen molar-refractivity contribution in [2.45, 2.75) is 23.5 Å². The van der Waals surface area contributed by atoms with E-state index >= 15 is 0 Å². The number of rotatable bonds is 4. The van der Waals surface area contributed by atoms with Gasteiger partial charge < -0.3 is 5.11 Å². The van der Waals surface area contributed by atoms with Crippen LogP contribution in [-0.2, 0) is 4.79 Å². The Bertz CT molecular complexity index is 585. The minimum Gasteiger partial charge on any atom is -0.480 e. The number of pyridine rings is 2. The van der Waals surface area contributed by atoms with Gasteiger partial charge in [-0.25, -0.2) is 0 Å². The molecular formula is C14H14N2O2S. The number of carbonyl (C=O) groups is 1. The highest BCUT2D eigenvalue weighted by Gasteiger charge is 2.29. The summed E-state index contributed by atoms with van der Waals surface area (Å²) in [6.07, 6.45) is 5.11. The number of hydrogen-bond donors (Lipinski definition) is 1. The molecule has 0 aliphatic carbocycles. The van der Waals surface area contributed by atoms with Crippen molar-refractivity contribution in [3.8, 4) is 11.3 Å². The largest absolute Gasteiger partial charge is 0.480 e. The molecule has 0 unspecified atom stereocenters. The zero-order chi connectivity index (χ0) is 13.9. The number of nitrogens with zero attached hydrogens (tertiary/aromatic N) is 2. The predicted octanol–water partition coefficient (Wildman–Crippen LogP) is 3.10. The number of carboxylic acid groups (broad SMARTS) is 1. The molecule has 4 nitrogen and oxygen atoms in total. The van der Waals surface area contributed by atoms with Gasteiger partial charge in [-0.05, 0) is 38.1 Å². The lowest BCUT2D eigenvalue weighted by atomic mass is 10.2. The van der Waals surface area contributed by atoms with Gasteiger partial charge in [0.2, 0.25) is 0 Å². The second kappa shape index (κ2) is 5.40. The molecule has 0 bridgehead atoms. The summed E-state index contributed by atoms with van der Waals surface area (Å²) in [6.45, 7) is 3.36. The molecule has 2 aromatic rings. The summed E-state index contributed by atoms with van der Waals surface area (Å²) in [6, 6.07) is 7.43. The first-order valence-electron chi connectivity index (χ1n) is 5.78. The van der Waals surface area contributed by atoms with Crippen molar-refractivity contribution in [2.75, 3.05) is 0 Å². The van der Waals surface area contributed by atoms with Crippen LogP contribution in [0.1, 0.15) is 13.8 Å². The molecule has 2 rings (SSSR count). The number of carboxylic acids is 1. The van der Waals surface area contributed by atoms with Crippen LogP contribution in [0.15, 0.2) is 47.8 Å². The minimum atomic E-state index is -0.903. The lowest BCUT2D eigenvalue weighted by Crippen LogP contribution is -2.27. The molecule has 19 heavy (non-hydrogen) atoms. The molecule has 2 heterocycles. The van der Waals surface area contributed by atoms with Crippen LogP contribution in [0, 0.1) is 0 Å². The average molecular weight is 274 g/mol. The maximum absolute atomic E-state index is 11.2. The van der Waals surface area contributed by atoms with E-state index in [4.69, 9.17) is 0 Å². The third-order valence-corrected chi connectivity index (χ3v) is 3.82. The van der Waals surface area contributed by atoms with Crippen LogP contribution in [0.4, 0.5) is 0 Å². The molecule has 0 fully saturated rings. The van der Waals surface area contributed by atoms with E-state index in [1.165, 1.54) is 11.8 Å². The van der Waals surface area contributed by atoms with Gasteiger partial charge in [-0.15, -0.1) is 11.8 Å². The van der Waals surface area contributed by atoms with Gasteiger partial charge in [0.15, 0.2) is 0 Å². The van der Waals surface area contributed by atoms with Crippen LogP contribution in [0.2, 0.25) is 0 Å². The van der Waals surface area contributed by atoms with Crippen molar-refractivity contribution in [3.05, 3.63) is 42.9 Å². The van der Waals surface area contributed by atoms with E-state index in [0.717, 1.165) is 16.2 Å². The topological polar surface area (TPSA) is 63.1 Å². The van der Waals surface area contributed by atoms with Gasteiger partial charge in [0, 0.05) is 29.0 Å². The molecule has 0 aliphatic rings. The maximum Gasteiger partial charge on any atom is 0.319 e. The second-order valence-corrected chi connectivity index (χ2v) is 6.17. The van der Waals surface area contributed by atoms with Crippen LogP contribution in [-0.4, -0.2) is 25.8 Å². The summed E-state index contributed by atoms with van der Waals surface area (Å²) < 4.78 is -0.903. The number of aliphatic carboxylic acids is 1. The van der Waals surface area contributed by atoms with Gasteiger partial charge in [-0.3, -0.25) is 14.8 Å². The number of aromatic nitrogens is 2. The first-order chi connectivity index (χ1) is 9.00. The fourth-order valence-electron chi connectivity index (χ4n) is 1.51. The summed E-state index contributed by atoms with van der Waals surface area (Å²) in [5.74, 6) is -0.849. The zero-order valence-electron chi connectivity index (χ0n) is 10.7. The average Bonchev–Trinajstić information content (AvgIpc) is 2.40. The Morgan fingerprint density at radius 1 is 1.26 bits per heavy atom. The lowest BCUT2D eigenvalue weighted by molar-refractivity contribution is -0.138. The lowest BCUT2D eigenvalue weighted by Gasteiger charge is -2.19. The van der Waals surface area contributed by atoms with Crippen LogP contribution in [0.25, 0.3) is 11.3 Å². The molecule has 0 spiro atoms. The Balaban J connectivity index is 2.40. The molecule has 0 saturated heterocycles. The molecule has 0 aliphatic heterocycles. The smallest absolute Gasteiger partial charge is 0.319 e. The van der Waals surface area contributed by atoms with E-state index in [1.54, 1.807) is 38.5 Å². The van der Waals surface area contributed by atoms with Crippen molar-refractivity contribution in [1.29, 1.82) is 0 Å². The summed E-state index contributed by atoms with van der Waals surface area (Å²) in [4.78, 5) is 20.5. The van der Waals surface area contributed by atoms with E-state index in [2.05, 4.69) is 9.97 Å². The first kappa shape index (κ1) is 13.5. The minimum absolute atomic E-state index is 0.759.